The van der Waals surface area contributed by atoms with E-state index in [9.17, 15) is 35.2 Å². The lowest BCUT2D eigenvalue weighted by Crippen LogP contribution is -2.48. The van der Waals surface area contributed by atoms with E-state index in [0.717, 1.165) is 0 Å². The van der Waals surface area contributed by atoms with Gasteiger partial charge in [0, 0.05) is 0 Å². The van der Waals surface area contributed by atoms with Gasteiger partial charge in [-0.1, -0.05) is 6.58 Å². The van der Waals surface area contributed by atoms with Gasteiger partial charge < -0.3 is 0 Å². The van der Waals surface area contributed by atoms with E-state index in [-0.39, 0.29) is 0 Å². The van der Waals surface area contributed by atoms with Crippen LogP contribution in [0, 0.1) is 0 Å². The van der Waals surface area contributed by atoms with E-state index in [0.29, 0.717) is 0 Å². The SMILES string of the molecule is C=C(F)C(N(F)C(F)(F)F)C(F)(F)F. The highest BCUT2D eigenvalue weighted by atomic mass is 19.4. The Morgan fingerprint density at radius 1 is 1.07 bits per heavy atom. The molecule has 0 aliphatic rings. The molecule has 1 nitrogen and oxygen atoms in total. The van der Waals surface area contributed by atoms with Crippen LogP contribution in [-0.4, -0.2) is 23.6 Å². The van der Waals surface area contributed by atoms with E-state index in [4.69, 9.17) is 0 Å². The molecule has 84 valence electrons. The molecule has 0 saturated carbocycles. The second-order valence-corrected chi connectivity index (χ2v) is 2.17. The van der Waals surface area contributed by atoms with Gasteiger partial charge in [-0.15, -0.1) is 4.48 Å². The molecule has 0 aromatic carbocycles. The van der Waals surface area contributed by atoms with Crippen molar-refractivity contribution in [3.63, 3.8) is 0 Å². The zero-order valence-electron chi connectivity index (χ0n) is 6.26. The minimum atomic E-state index is -5.94. The highest BCUT2D eigenvalue weighted by Gasteiger charge is 2.56. The van der Waals surface area contributed by atoms with Gasteiger partial charge in [0.05, 0.1) is 0 Å². The second-order valence-electron chi connectivity index (χ2n) is 2.17. The Morgan fingerprint density at radius 2 is 1.43 bits per heavy atom. The molecular weight excluding hydrogens is 226 g/mol. The maximum atomic E-state index is 12.0. The summed E-state index contributed by atoms with van der Waals surface area (Å²) in [7, 11) is 0. The molecule has 0 bridgehead atoms. The Bertz CT molecular complexity index is 215. The highest BCUT2D eigenvalue weighted by Crippen LogP contribution is 2.36. The van der Waals surface area contributed by atoms with Crippen LogP contribution in [0.25, 0.3) is 0 Å². The van der Waals surface area contributed by atoms with Crippen molar-refractivity contribution in [2.45, 2.75) is 18.5 Å². The first kappa shape index (κ1) is 13.1. The van der Waals surface area contributed by atoms with Crippen LogP contribution in [0.2, 0.25) is 0 Å². The summed E-state index contributed by atoms with van der Waals surface area (Å²) >= 11 is 0. The van der Waals surface area contributed by atoms with Crippen molar-refractivity contribution in [3.8, 4) is 0 Å². The van der Waals surface area contributed by atoms with Crippen molar-refractivity contribution in [1.82, 2.24) is 5.12 Å². The predicted molar refractivity (Wildman–Crippen MR) is 29.1 cm³/mol. The van der Waals surface area contributed by atoms with Crippen LogP contribution in [0.3, 0.4) is 0 Å². The fraction of sp³-hybridized carbons (Fsp3) is 0.600. The first-order valence-electron chi connectivity index (χ1n) is 2.90. The van der Waals surface area contributed by atoms with Crippen molar-refractivity contribution >= 4 is 0 Å². The lowest BCUT2D eigenvalue weighted by molar-refractivity contribution is -0.357. The standard InChI is InChI=1S/C5H3F8N/c1-2(6)3(4(7,8)9)14(13)5(10,11)12/h3H,1H2. The maximum absolute atomic E-state index is 12.0. The Labute approximate surface area is 72.5 Å². The van der Waals surface area contributed by atoms with Crippen LogP contribution >= 0.6 is 0 Å². The predicted octanol–water partition coefficient (Wildman–Crippen LogP) is 3.11. The molecule has 9 heteroatoms. The van der Waals surface area contributed by atoms with Gasteiger partial charge in [-0.2, -0.15) is 26.3 Å². The summed E-state index contributed by atoms with van der Waals surface area (Å²) in [6.45, 7) is 1.99. The van der Waals surface area contributed by atoms with Crippen molar-refractivity contribution in [3.05, 3.63) is 12.4 Å². The third kappa shape index (κ3) is 3.13. The van der Waals surface area contributed by atoms with Crippen LogP contribution in [0.4, 0.5) is 35.2 Å². The number of hydrogen-bond donors (Lipinski definition) is 0. The second kappa shape index (κ2) is 3.71. The highest BCUT2D eigenvalue weighted by molar-refractivity contribution is 4.99. The molecule has 1 atom stereocenters. The lowest BCUT2D eigenvalue weighted by Gasteiger charge is -2.25. The molecule has 14 heavy (non-hydrogen) atoms. The average Bonchev–Trinajstić information content (AvgIpc) is 1.79. The molecule has 0 heterocycles. The summed E-state index contributed by atoms with van der Waals surface area (Å²) in [4.78, 5) is 0. The molecule has 0 N–H and O–H groups in total. The van der Waals surface area contributed by atoms with Gasteiger partial charge in [-0.05, 0) is 5.12 Å². The Kier molecular flexibility index (Phi) is 3.49. The van der Waals surface area contributed by atoms with E-state index < -0.39 is 29.5 Å². The van der Waals surface area contributed by atoms with Gasteiger partial charge in [0.2, 0.25) is 0 Å². The summed E-state index contributed by atoms with van der Waals surface area (Å²) in [5.41, 5.74) is 0. The molecule has 0 aromatic heterocycles. The maximum Gasteiger partial charge on any atom is 0.488 e. The van der Waals surface area contributed by atoms with Crippen molar-refractivity contribution in [1.29, 1.82) is 0 Å². The molecule has 0 radical (unpaired) electrons. The first-order valence-corrected chi connectivity index (χ1v) is 2.90. The van der Waals surface area contributed by atoms with Gasteiger partial charge >= 0.3 is 12.5 Å². The van der Waals surface area contributed by atoms with Gasteiger partial charge in [0.15, 0.2) is 6.04 Å². The molecule has 0 aliphatic heterocycles. The number of alkyl halides is 6. The molecular formula is C5H3F8N. The third-order valence-electron chi connectivity index (χ3n) is 1.08. The fourth-order valence-corrected chi connectivity index (χ4v) is 0.575. The fourth-order valence-electron chi connectivity index (χ4n) is 0.575. The normalized spacial score (nSPS) is 15.8. The van der Waals surface area contributed by atoms with E-state index in [2.05, 4.69) is 0 Å². The van der Waals surface area contributed by atoms with Gasteiger partial charge in [-0.25, -0.2) is 4.39 Å². The van der Waals surface area contributed by atoms with Crippen LogP contribution in [-0.2, 0) is 0 Å². The van der Waals surface area contributed by atoms with Crippen molar-refractivity contribution in [2.75, 3.05) is 0 Å². The Morgan fingerprint density at radius 3 is 1.50 bits per heavy atom. The number of hydrogen-bond acceptors (Lipinski definition) is 1. The van der Waals surface area contributed by atoms with Crippen LogP contribution < -0.4 is 0 Å². The Balaban J connectivity index is 4.96. The average molecular weight is 229 g/mol. The number of nitrogens with zero attached hydrogens (tertiary/aromatic N) is 1. The van der Waals surface area contributed by atoms with E-state index in [1.807, 2.05) is 6.58 Å². The smallest absolute Gasteiger partial charge is 0.210 e. The van der Waals surface area contributed by atoms with Crippen molar-refractivity contribution < 1.29 is 35.2 Å². The number of rotatable bonds is 2. The number of halogens is 8. The topological polar surface area (TPSA) is 3.24 Å². The summed E-state index contributed by atoms with van der Waals surface area (Å²) in [6, 6.07) is -4.03. The zero-order valence-corrected chi connectivity index (χ0v) is 6.26. The van der Waals surface area contributed by atoms with Crippen LogP contribution in [0.15, 0.2) is 12.4 Å². The van der Waals surface area contributed by atoms with E-state index >= 15 is 0 Å². The van der Waals surface area contributed by atoms with Gasteiger partial charge in [-0.3, -0.25) is 0 Å². The summed E-state index contributed by atoms with van der Waals surface area (Å²) in [5, 5.41) is -2.59. The van der Waals surface area contributed by atoms with Gasteiger partial charge in [0.1, 0.15) is 5.83 Å². The van der Waals surface area contributed by atoms with Gasteiger partial charge in [0.25, 0.3) is 0 Å². The first-order chi connectivity index (χ1) is 5.98. The third-order valence-corrected chi connectivity index (χ3v) is 1.08. The monoisotopic (exact) mass is 229 g/mol. The molecule has 1 unspecified atom stereocenters. The van der Waals surface area contributed by atoms with Crippen molar-refractivity contribution in [2.24, 2.45) is 0 Å². The quantitative estimate of drug-likeness (QED) is 0.399. The lowest BCUT2D eigenvalue weighted by atomic mass is 10.2. The molecule has 0 amide bonds. The molecule has 0 rings (SSSR count). The van der Waals surface area contributed by atoms with Crippen LogP contribution in [0.1, 0.15) is 0 Å². The summed E-state index contributed by atoms with van der Waals surface area (Å²) in [5.74, 6) is -2.47. The summed E-state index contributed by atoms with van der Waals surface area (Å²) < 4.78 is 93.3. The molecule has 0 aliphatic carbocycles. The zero-order chi connectivity index (χ0) is 11.7. The summed E-state index contributed by atoms with van der Waals surface area (Å²) in [6.07, 6.45) is -11.7. The molecule has 0 fully saturated rings. The van der Waals surface area contributed by atoms with E-state index in [1.165, 1.54) is 0 Å². The van der Waals surface area contributed by atoms with E-state index in [1.54, 1.807) is 0 Å². The minimum Gasteiger partial charge on any atom is -0.210 e. The molecule has 0 saturated heterocycles. The largest absolute Gasteiger partial charge is 0.488 e. The molecule has 0 spiro atoms. The minimum absolute atomic E-state index is 1.99. The molecule has 0 aromatic rings. The van der Waals surface area contributed by atoms with Crippen LogP contribution in [0.5, 0.6) is 0 Å². The Hall–Kier alpha value is -0.860.